The highest BCUT2D eigenvalue weighted by Gasteiger charge is 2.30. The molecule has 1 atom stereocenters. The van der Waals surface area contributed by atoms with E-state index in [0.717, 1.165) is 24.2 Å². The van der Waals surface area contributed by atoms with Crippen LogP contribution in [0.2, 0.25) is 0 Å². The largest absolute Gasteiger partial charge is 0.497 e. The van der Waals surface area contributed by atoms with Gasteiger partial charge in [-0.15, -0.1) is 0 Å². The Labute approximate surface area is 121 Å². The summed E-state index contributed by atoms with van der Waals surface area (Å²) in [6.07, 6.45) is 1.96. The minimum absolute atomic E-state index is 0.438. The Hall–Kier alpha value is -1.80. The second-order valence-electron chi connectivity index (χ2n) is 5.27. The van der Waals surface area contributed by atoms with Crippen molar-refractivity contribution in [2.75, 3.05) is 7.11 Å². The van der Waals surface area contributed by atoms with Gasteiger partial charge in [0.1, 0.15) is 5.75 Å². The van der Waals surface area contributed by atoms with E-state index in [2.05, 4.69) is 38.1 Å². The fourth-order valence-electron chi connectivity index (χ4n) is 2.83. The number of ether oxygens (including phenoxy) is 1. The predicted octanol–water partition coefficient (Wildman–Crippen LogP) is 4.01. The number of rotatable bonds is 5. The van der Waals surface area contributed by atoms with Crippen LogP contribution in [-0.4, -0.2) is 7.11 Å². The first-order chi connectivity index (χ1) is 9.61. The fourth-order valence-corrected chi connectivity index (χ4v) is 2.83. The summed E-state index contributed by atoms with van der Waals surface area (Å²) in [5.74, 6) is 0.873. The van der Waals surface area contributed by atoms with Crippen molar-refractivity contribution < 1.29 is 4.74 Å². The molecule has 0 aliphatic rings. The maximum Gasteiger partial charge on any atom is 0.119 e. The lowest BCUT2D eigenvalue weighted by atomic mass is 9.78. The summed E-state index contributed by atoms with van der Waals surface area (Å²) in [7, 11) is 1.69. The predicted molar refractivity (Wildman–Crippen MR) is 84.0 cm³/mol. The Morgan fingerprint density at radius 2 is 1.80 bits per heavy atom. The van der Waals surface area contributed by atoms with Crippen LogP contribution in [0.1, 0.15) is 36.5 Å². The zero-order valence-electron chi connectivity index (χ0n) is 12.5. The van der Waals surface area contributed by atoms with Crippen LogP contribution < -0.4 is 10.5 Å². The first-order valence-corrected chi connectivity index (χ1v) is 7.11. The molecule has 0 heterocycles. The number of nitrogens with two attached hydrogens (primary N) is 1. The van der Waals surface area contributed by atoms with E-state index in [4.69, 9.17) is 10.5 Å². The van der Waals surface area contributed by atoms with E-state index in [1.807, 2.05) is 24.3 Å². The smallest absolute Gasteiger partial charge is 0.119 e. The molecule has 0 bridgehead atoms. The lowest BCUT2D eigenvalue weighted by Crippen LogP contribution is -2.38. The van der Waals surface area contributed by atoms with Crippen molar-refractivity contribution in [2.24, 2.45) is 5.73 Å². The van der Waals surface area contributed by atoms with Gasteiger partial charge >= 0.3 is 0 Å². The molecule has 0 aliphatic carbocycles. The number of hydrogen-bond donors (Lipinski definition) is 1. The Bertz CT molecular complexity index is 565. The zero-order valence-corrected chi connectivity index (χ0v) is 12.5. The number of methoxy groups -OCH3 is 1. The third-order valence-electron chi connectivity index (χ3n) is 3.85. The highest BCUT2D eigenvalue weighted by Crippen LogP contribution is 2.34. The molecule has 0 spiro atoms. The molecule has 2 aromatic rings. The Balaban J connectivity index is 2.53. The van der Waals surface area contributed by atoms with Crippen molar-refractivity contribution in [3.05, 3.63) is 65.2 Å². The molecule has 2 nitrogen and oxygen atoms in total. The van der Waals surface area contributed by atoms with Gasteiger partial charge < -0.3 is 10.5 Å². The highest BCUT2D eigenvalue weighted by atomic mass is 16.5. The minimum atomic E-state index is -0.438. The van der Waals surface area contributed by atoms with E-state index >= 15 is 0 Å². The molecule has 1 unspecified atom stereocenters. The Morgan fingerprint density at radius 3 is 2.35 bits per heavy atom. The van der Waals surface area contributed by atoms with Gasteiger partial charge in [0, 0.05) is 0 Å². The average Bonchev–Trinajstić information content (AvgIpc) is 2.48. The normalized spacial score (nSPS) is 13.8. The standard InChI is InChI=1S/C18H23NO/c1-4-12-18(19,15-8-6-5-7-9-15)17-11-10-16(20-3)13-14(17)2/h5-11,13H,4,12,19H2,1-3H3. The number of aryl methyl sites for hydroxylation is 1. The van der Waals surface area contributed by atoms with E-state index in [1.165, 1.54) is 11.1 Å². The zero-order chi connectivity index (χ0) is 14.6. The topological polar surface area (TPSA) is 35.2 Å². The summed E-state index contributed by atoms with van der Waals surface area (Å²) in [6.45, 7) is 4.27. The van der Waals surface area contributed by atoms with Gasteiger partial charge in [0.05, 0.1) is 12.6 Å². The molecule has 0 aromatic heterocycles. The van der Waals surface area contributed by atoms with Gasteiger partial charge in [0.15, 0.2) is 0 Å². The minimum Gasteiger partial charge on any atom is -0.497 e. The number of benzene rings is 2. The Morgan fingerprint density at radius 1 is 1.10 bits per heavy atom. The molecule has 0 aliphatic heterocycles. The van der Waals surface area contributed by atoms with Crippen LogP contribution in [0.3, 0.4) is 0 Å². The third-order valence-corrected chi connectivity index (χ3v) is 3.85. The molecule has 2 N–H and O–H groups in total. The molecule has 0 saturated heterocycles. The molecular weight excluding hydrogens is 246 g/mol. The lowest BCUT2D eigenvalue weighted by molar-refractivity contribution is 0.413. The first kappa shape index (κ1) is 14.6. The van der Waals surface area contributed by atoms with Gasteiger partial charge in [-0.1, -0.05) is 49.7 Å². The van der Waals surface area contributed by atoms with E-state index < -0.39 is 5.54 Å². The molecule has 0 saturated carbocycles. The van der Waals surface area contributed by atoms with Crippen molar-refractivity contribution in [2.45, 2.75) is 32.2 Å². The average molecular weight is 269 g/mol. The molecule has 2 aromatic carbocycles. The molecule has 0 fully saturated rings. The van der Waals surface area contributed by atoms with E-state index in [1.54, 1.807) is 7.11 Å². The van der Waals surface area contributed by atoms with Gasteiger partial charge in [-0.25, -0.2) is 0 Å². The van der Waals surface area contributed by atoms with Crippen molar-refractivity contribution in [3.8, 4) is 5.75 Å². The fraction of sp³-hybridized carbons (Fsp3) is 0.333. The van der Waals surface area contributed by atoms with Gasteiger partial charge in [-0.05, 0) is 42.2 Å². The summed E-state index contributed by atoms with van der Waals surface area (Å²) in [5, 5.41) is 0. The second-order valence-corrected chi connectivity index (χ2v) is 5.27. The lowest BCUT2D eigenvalue weighted by Gasteiger charge is -2.32. The van der Waals surface area contributed by atoms with Gasteiger partial charge in [-0.3, -0.25) is 0 Å². The van der Waals surface area contributed by atoms with Crippen molar-refractivity contribution in [1.29, 1.82) is 0 Å². The maximum absolute atomic E-state index is 6.80. The van der Waals surface area contributed by atoms with Crippen LogP contribution in [0.5, 0.6) is 5.75 Å². The van der Waals surface area contributed by atoms with Crippen LogP contribution >= 0.6 is 0 Å². The van der Waals surface area contributed by atoms with Crippen LogP contribution in [0.4, 0.5) is 0 Å². The summed E-state index contributed by atoms with van der Waals surface area (Å²) in [4.78, 5) is 0. The summed E-state index contributed by atoms with van der Waals surface area (Å²) in [6, 6.07) is 16.5. The van der Waals surface area contributed by atoms with Crippen LogP contribution in [-0.2, 0) is 5.54 Å². The first-order valence-electron chi connectivity index (χ1n) is 7.11. The SMILES string of the molecule is CCCC(N)(c1ccccc1)c1ccc(OC)cc1C. The van der Waals surface area contributed by atoms with Crippen molar-refractivity contribution >= 4 is 0 Å². The van der Waals surface area contributed by atoms with Crippen LogP contribution in [0, 0.1) is 6.92 Å². The quantitative estimate of drug-likeness (QED) is 0.890. The second kappa shape index (κ2) is 6.10. The molecule has 0 radical (unpaired) electrons. The monoisotopic (exact) mass is 269 g/mol. The molecule has 2 rings (SSSR count). The van der Waals surface area contributed by atoms with E-state index in [9.17, 15) is 0 Å². The summed E-state index contributed by atoms with van der Waals surface area (Å²) in [5.41, 5.74) is 9.87. The van der Waals surface area contributed by atoms with Gasteiger partial charge in [0.2, 0.25) is 0 Å². The van der Waals surface area contributed by atoms with Crippen molar-refractivity contribution in [1.82, 2.24) is 0 Å². The highest BCUT2D eigenvalue weighted by molar-refractivity contribution is 5.45. The van der Waals surface area contributed by atoms with Gasteiger partial charge in [0.25, 0.3) is 0 Å². The van der Waals surface area contributed by atoms with E-state index in [-0.39, 0.29) is 0 Å². The molecule has 0 amide bonds. The number of hydrogen-bond acceptors (Lipinski definition) is 2. The molecule has 2 heteroatoms. The van der Waals surface area contributed by atoms with Gasteiger partial charge in [-0.2, -0.15) is 0 Å². The molecular formula is C18H23NO. The van der Waals surface area contributed by atoms with E-state index in [0.29, 0.717) is 0 Å². The van der Waals surface area contributed by atoms with Crippen LogP contribution in [0.15, 0.2) is 48.5 Å². The molecule has 20 heavy (non-hydrogen) atoms. The van der Waals surface area contributed by atoms with Crippen molar-refractivity contribution in [3.63, 3.8) is 0 Å². The summed E-state index contributed by atoms with van der Waals surface area (Å²) < 4.78 is 5.29. The van der Waals surface area contributed by atoms with Crippen LogP contribution in [0.25, 0.3) is 0 Å². The maximum atomic E-state index is 6.80. The third kappa shape index (κ3) is 2.70. The Kier molecular flexibility index (Phi) is 4.46. The molecule has 106 valence electrons. The summed E-state index contributed by atoms with van der Waals surface area (Å²) >= 11 is 0.